The fourth-order valence-corrected chi connectivity index (χ4v) is 5.61. The lowest BCUT2D eigenvalue weighted by molar-refractivity contribution is 0.311. The summed E-state index contributed by atoms with van der Waals surface area (Å²) in [7, 11) is 0. The maximum Gasteiger partial charge on any atom is 0.123 e. The van der Waals surface area contributed by atoms with Crippen LogP contribution in [0.15, 0.2) is 36.4 Å². The molecule has 0 unspecified atom stereocenters. The van der Waals surface area contributed by atoms with Gasteiger partial charge < -0.3 is 10.6 Å². The Morgan fingerprint density at radius 1 is 1.00 bits per heavy atom. The van der Waals surface area contributed by atoms with Crippen LogP contribution < -0.4 is 10.6 Å². The quantitative estimate of drug-likeness (QED) is 0.723. The van der Waals surface area contributed by atoms with E-state index in [1.807, 2.05) is 12.1 Å². The number of rotatable bonds is 0. The number of anilines is 2. The number of hydrogen-bond acceptors (Lipinski definition) is 2. The lowest BCUT2D eigenvalue weighted by atomic mass is 9.72. The number of halogens is 2. The first-order valence-corrected chi connectivity index (χ1v) is 8.60. The molecule has 5 atom stereocenters. The Morgan fingerprint density at radius 2 is 1.67 bits per heavy atom. The molecule has 1 saturated carbocycles. The molecule has 0 aromatic heterocycles. The van der Waals surface area contributed by atoms with Gasteiger partial charge in [0.25, 0.3) is 0 Å². The second-order valence-corrected chi connectivity index (χ2v) is 7.80. The minimum Gasteiger partial charge on any atom is -0.382 e. The fourth-order valence-electron chi connectivity index (χ4n) is 5.61. The molecule has 1 aliphatic carbocycles. The van der Waals surface area contributed by atoms with E-state index in [1.165, 1.54) is 12.1 Å². The molecule has 0 saturated heterocycles. The molecule has 2 aromatic carbocycles. The molecule has 2 N–H and O–H groups in total. The van der Waals surface area contributed by atoms with Gasteiger partial charge in [0.15, 0.2) is 0 Å². The summed E-state index contributed by atoms with van der Waals surface area (Å²) < 4.78 is 27.8. The molecule has 2 aliphatic heterocycles. The van der Waals surface area contributed by atoms with E-state index in [0.29, 0.717) is 5.92 Å². The fraction of sp³-hybridized carbons (Fsp3) is 0.400. The minimum atomic E-state index is -0.206. The number of fused-ring (bicyclic) bond motifs is 9. The monoisotopic (exact) mass is 326 g/mol. The summed E-state index contributed by atoms with van der Waals surface area (Å²) in [6.45, 7) is 4.45. The smallest absolute Gasteiger partial charge is 0.123 e. The van der Waals surface area contributed by atoms with E-state index >= 15 is 0 Å². The van der Waals surface area contributed by atoms with Crippen molar-refractivity contribution in [3.63, 3.8) is 0 Å². The molecule has 4 heteroatoms. The highest BCUT2D eigenvalue weighted by Crippen LogP contribution is 2.63. The van der Waals surface area contributed by atoms with Crippen molar-refractivity contribution in [2.45, 2.75) is 43.7 Å². The molecule has 124 valence electrons. The average molecular weight is 326 g/mol. The molecule has 5 rings (SSSR count). The van der Waals surface area contributed by atoms with E-state index < -0.39 is 0 Å². The van der Waals surface area contributed by atoms with Crippen LogP contribution in [-0.2, 0) is 0 Å². The summed E-state index contributed by atoms with van der Waals surface area (Å²) in [5.74, 6) is 0.337. The van der Waals surface area contributed by atoms with Gasteiger partial charge in [0.05, 0.1) is 0 Å². The lowest BCUT2D eigenvalue weighted by Gasteiger charge is -2.43. The van der Waals surface area contributed by atoms with Crippen molar-refractivity contribution in [3.05, 3.63) is 59.2 Å². The van der Waals surface area contributed by atoms with E-state index in [9.17, 15) is 8.78 Å². The molecular formula is C20H20F2N2. The van der Waals surface area contributed by atoms with Crippen LogP contribution in [0.1, 0.15) is 43.2 Å². The zero-order valence-corrected chi connectivity index (χ0v) is 13.7. The SMILES string of the molecule is C[C@@H]1Nc2ccc(F)cc2[C@H]2[C@@H]1[C@]1(C)C[C@H]2c2cc(F)ccc2N1. The van der Waals surface area contributed by atoms with E-state index in [0.717, 1.165) is 28.9 Å². The Hall–Kier alpha value is -2.10. The molecule has 1 fully saturated rings. The molecule has 3 aliphatic rings. The first-order valence-electron chi connectivity index (χ1n) is 8.60. The molecule has 2 bridgehead atoms. The van der Waals surface area contributed by atoms with Gasteiger partial charge in [-0.25, -0.2) is 8.78 Å². The van der Waals surface area contributed by atoms with Crippen molar-refractivity contribution in [3.8, 4) is 0 Å². The van der Waals surface area contributed by atoms with Crippen LogP contribution in [-0.4, -0.2) is 11.6 Å². The van der Waals surface area contributed by atoms with Crippen LogP contribution in [0.5, 0.6) is 0 Å². The molecule has 0 radical (unpaired) electrons. The van der Waals surface area contributed by atoms with Crippen LogP contribution in [0.4, 0.5) is 20.2 Å². The number of benzene rings is 2. The number of nitrogens with one attached hydrogen (secondary N) is 2. The van der Waals surface area contributed by atoms with Crippen LogP contribution >= 0.6 is 0 Å². The molecule has 24 heavy (non-hydrogen) atoms. The van der Waals surface area contributed by atoms with Gasteiger partial charge in [0.2, 0.25) is 0 Å². The Labute approximate surface area is 140 Å². The van der Waals surface area contributed by atoms with Crippen LogP contribution in [0.2, 0.25) is 0 Å². The molecule has 2 heterocycles. The summed E-state index contributed by atoms with van der Waals surface area (Å²) in [6, 6.07) is 10.3. The normalized spacial score (nSPS) is 35.3. The third-order valence-electron chi connectivity index (χ3n) is 6.33. The summed E-state index contributed by atoms with van der Waals surface area (Å²) >= 11 is 0. The Bertz CT molecular complexity index is 850. The second-order valence-electron chi connectivity index (χ2n) is 7.80. The Morgan fingerprint density at radius 3 is 2.42 bits per heavy atom. The van der Waals surface area contributed by atoms with E-state index in [1.54, 1.807) is 12.1 Å². The van der Waals surface area contributed by atoms with Crippen molar-refractivity contribution < 1.29 is 8.78 Å². The number of hydrogen-bond donors (Lipinski definition) is 2. The van der Waals surface area contributed by atoms with Gasteiger partial charge in [0.1, 0.15) is 11.6 Å². The van der Waals surface area contributed by atoms with Crippen molar-refractivity contribution in [2.75, 3.05) is 10.6 Å². The maximum absolute atomic E-state index is 13.9. The summed E-state index contributed by atoms with van der Waals surface area (Å²) in [6.07, 6.45) is 0.945. The van der Waals surface area contributed by atoms with Crippen molar-refractivity contribution >= 4 is 11.4 Å². The third-order valence-corrected chi connectivity index (χ3v) is 6.33. The van der Waals surface area contributed by atoms with Crippen LogP contribution in [0, 0.1) is 17.6 Å². The van der Waals surface area contributed by atoms with Gasteiger partial charge >= 0.3 is 0 Å². The maximum atomic E-state index is 13.9. The highest BCUT2D eigenvalue weighted by atomic mass is 19.1. The van der Waals surface area contributed by atoms with Crippen LogP contribution in [0.25, 0.3) is 0 Å². The Balaban J connectivity index is 1.74. The summed E-state index contributed by atoms with van der Waals surface area (Å²) in [4.78, 5) is 0. The lowest BCUT2D eigenvalue weighted by Crippen LogP contribution is -2.49. The van der Waals surface area contributed by atoms with E-state index in [4.69, 9.17) is 0 Å². The molecule has 0 spiro atoms. The van der Waals surface area contributed by atoms with Crippen molar-refractivity contribution in [2.24, 2.45) is 5.92 Å². The molecule has 2 nitrogen and oxygen atoms in total. The first-order chi connectivity index (χ1) is 11.5. The summed E-state index contributed by atoms with van der Waals surface area (Å²) in [5, 5.41) is 7.22. The average Bonchev–Trinajstić information content (AvgIpc) is 2.79. The highest BCUT2D eigenvalue weighted by Gasteiger charge is 2.58. The van der Waals surface area contributed by atoms with Gasteiger partial charge in [-0.15, -0.1) is 0 Å². The van der Waals surface area contributed by atoms with Crippen molar-refractivity contribution in [1.82, 2.24) is 0 Å². The van der Waals surface area contributed by atoms with Gasteiger partial charge in [-0.3, -0.25) is 0 Å². The summed E-state index contributed by atoms with van der Waals surface area (Å²) in [5.41, 5.74) is 4.03. The first kappa shape index (κ1) is 14.3. The van der Waals surface area contributed by atoms with E-state index in [-0.39, 0.29) is 35.1 Å². The highest BCUT2D eigenvalue weighted by molar-refractivity contribution is 5.66. The van der Waals surface area contributed by atoms with Crippen molar-refractivity contribution in [1.29, 1.82) is 0 Å². The topological polar surface area (TPSA) is 24.1 Å². The van der Waals surface area contributed by atoms with Gasteiger partial charge in [0, 0.05) is 34.8 Å². The largest absolute Gasteiger partial charge is 0.382 e. The van der Waals surface area contributed by atoms with Gasteiger partial charge in [-0.05, 0) is 73.7 Å². The predicted octanol–water partition coefficient (Wildman–Crippen LogP) is 4.85. The molecule has 2 aromatic rings. The zero-order valence-electron chi connectivity index (χ0n) is 13.7. The third kappa shape index (κ3) is 1.74. The molecular weight excluding hydrogens is 306 g/mol. The standard InChI is InChI=1S/C20H20F2N2/c1-10-19-18(14-8-12(22)3-5-16(14)23-10)15-9-20(19,2)24-17-6-4-11(21)7-13(15)17/h3-8,10,15,18-19,23-24H,9H2,1-2H3/t10-,15-,18+,19+,20-/m0/s1. The second kappa shape index (κ2) is 4.50. The van der Waals surface area contributed by atoms with Gasteiger partial charge in [-0.1, -0.05) is 0 Å². The van der Waals surface area contributed by atoms with E-state index in [2.05, 4.69) is 24.5 Å². The predicted molar refractivity (Wildman–Crippen MR) is 91.5 cm³/mol. The van der Waals surface area contributed by atoms with Gasteiger partial charge in [-0.2, -0.15) is 0 Å². The molecule has 0 amide bonds. The van der Waals surface area contributed by atoms with Crippen LogP contribution in [0.3, 0.4) is 0 Å². The zero-order chi connectivity index (χ0) is 16.6. The minimum absolute atomic E-state index is 0.0728. The Kier molecular flexibility index (Phi) is 2.67.